The van der Waals surface area contributed by atoms with Gasteiger partial charge in [-0.1, -0.05) is 0 Å². The molecule has 0 aliphatic heterocycles. The van der Waals surface area contributed by atoms with Gasteiger partial charge in [0.2, 0.25) is 5.88 Å². The van der Waals surface area contributed by atoms with Crippen LogP contribution in [0.25, 0.3) is 0 Å². The van der Waals surface area contributed by atoms with Gasteiger partial charge in [-0.3, -0.25) is 0 Å². The summed E-state index contributed by atoms with van der Waals surface area (Å²) in [6, 6.07) is 0.284. The number of hydrogen-bond donors (Lipinski definition) is 2. The molecule has 0 bridgehead atoms. The maximum absolute atomic E-state index is 6.01. The average molecular weight is 267 g/mol. The summed E-state index contributed by atoms with van der Waals surface area (Å²) < 4.78 is 5.54. The van der Waals surface area contributed by atoms with Crippen molar-refractivity contribution in [1.82, 2.24) is 14.9 Å². The minimum absolute atomic E-state index is 0.0382. The number of nitrogens with two attached hydrogens (primary N) is 1. The third kappa shape index (κ3) is 5.30. The van der Waals surface area contributed by atoms with Gasteiger partial charge in [0.15, 0.2) is 5.82 Å². The van der Waals surface area contributed by atoms with E-state index in [1.807, 2.05) is 13.8 Å². The van der Waals surface area contributed by atoms with Crippen LogP contribution in [-0.2, 0) is 0 Å². The highest BCUT2D eigenvalue weighted by molar-refractivity contribution is 5.66. The van der Waals surface area contributed by atoms with E-state index in [0.717, 1.165) is 13.0 Å². The molecule has 1 rings (SSSR count). The first kappa shape index (κ1) is 15.5. The Kier molecular flexibility index (Phi) is 5.82. The molecule has 1 heterocycles. The van der Waals surface area contributed by atoms with Crippen molar-refractivity contribution in [2.45, 2.75) is 39.3 Å². The summed E-state index contributed by atoms with van der Waals surface area (Å²) in [6.45, 7) is 6.99. The van der Waals surface area contributed by atoms with Crippen LogP contribution in [0.5, 0.6) is 5.88 Å². The molecular formula is C13H25N5O. The fraction of sp³-hybridized carbons (Fsp3) is 0.692. The van der Waals surface area contributed by atoms with Crippen LogP contribution >= 0.6 is 0 Å². The lowest BCUT2D eigenvalue weighted by molar-refractivity contribution is 0.234. The first-order chi connectivity index (χ1) is 8.90. The molecule has 1 atom stereocenters. The number of nitrogens with one attached hydrogen (secondary N) is 1. The Bertz CT molecular complexity index is 395. The molecule has 3 N–H and O–H groups in total. The van der Waals surface area contributed by atoms with Gasteiger partial charge < -0.3 is 20.7 Å². The van der Waals surface area contributed by atoms with E-state index in [0.29, 0.717) is 17.4 Å². The minimum Gasteiger partial charge on any atom is -0.473 e. The number of ether oxygens (including phenoxy) is 1. The van der Waals surface area contributed by atoms with Gasteiger partial charge in [-0.2, -0.15) is 4.98 Å². The number of anilines is 2. The van der Waals surface area contributed by atoms with Crippen molar-refractivity contribution < 1.29 is 4.74 Å². The quantitative estimate of drug-likeness (QED) is 0.781. The number of hydrogen-bond acceptors (Lipinski definition) is 6. The second-order valence-electron chi connectivity index (χ2n) is 5.25. The van der Waals surface area contributed by atoms with E-state index in [2.05, 4.69) is 41.2 Å². The molecule has 6 nitrogen and oxygen atoms in total. The first-order valence-corrected chi connectivity index (χ1v) is 6.58. The first-order valence-electron chi connectivity index (χ1n) is 6.58. The molecule has 0 amide bonds. The molecule has 1 aromatic rings. The molecule has 108 valence electrons. The lowest BCUT2D eigenvalue weighted by Crippen LogP contribution is -2.24. The summed E-state index contributed by atoms with van der Waals surface area (Å²) >= 11 is 0. The van der Waals surface area contributed by atoms with Gasteiger partial charge >= 0.3 is 0 Å². The summed E-state index contributed by atoms with van der Waals surface area (Å²) in [5, 5.41) is 3.30. The summed E-state index contributed by atoms with van der Waals surface area (Å²) in [5.41, 5.74) is 6.48. The summed E-state index contributed by atoms with van der Waals surface area (Å²) in [5.74, 6) is 1.07. The van der Waals surface area contributed by atoms with Gasteiger partial charge in [0.25, 0.3) is 0 Å². The maximum Gasteiger partial charge on any atom is 0.242 e. The van der Waals surface area contributed by atoms with Gasteiger partial charge in [-0.15, -0.1) is 0 Å². The monoisotopic (exact) mass is 267 g/mol. The highest BCUT2D eigenvalue weighted by atomic mass is 16.5. The molecule has 0 spiro atoms. The minimum atomic E-state index is 0.0382. The predicted octanol–water partition coefficient (Wildman–Crippen LogP) is 1.60. The fourth-order valence-electron chi connectivity index (χ4n) is 1.57. The number of nitrogens with zero attached hydrogens (tertiary/aromatic N) is 3. The standard InChI is InChI=1S/C13H25N5O/c1-9(2)19-13-11(14)12(15-8-16-13)17-10(3)6-7-18(4)5/h8-10H,6-7,14H2,1-5H3,(H,15,16,17). The highest BCUT2D eigenvalue weighted by Crippen LogP contribution is 2.26. The van der Waals surface area contributed by atoms with Crippen LogP contribution in [0.4, 0.5) is 11.5 Å². The van der Waals surface area contributed by atoms with Crippen LogP contribution in [0.3, 0.4) is 0 Å². The van der Waals surface area contributed by atoms with Gasteiger partial charge in [0.1, 0.15) is 12.0 Å². The molecule has 0 radical (unpaired) electrons. The van der Waals surface area contributed by atoms with Gasteiger partial charge in [0.05, 0.1) is 6.10 Å². The zero-order chi connectivity index (χ0) is 14.4. The van der Waals surface area contributed by atoms with Crippen LogP contribution in [-0.4, -0.2) is 47.7 Å². The fourth-order valence-corrected chi connectivity index (χ4v) is 1.57. The Balaban J connectivity index is 2.67. The lowest BCUT2D eigenvalue weighted by Gasteiger charge is -2.19. The molecule has 0 aliphatic rings. The van der Waals surface area contributed by atoms with Crippen molar-refractivity contribution in [2.75, 3.05) is 31.7 Å². The third-order valence-electron chi connectivity index (χ3n) is 2.59. The van der Waals surface area contributed by atoms with Crippen LogP contribution in [0, 0.1) is 0 Å². The molecule has 0 saturated heterocycles. The highest BCUT2D eigenvalue weighted by Gasteiger charge is 2.12. The van der Waals surface area contributed by atoms with Crippen molar-refractivity contribution in [3.05, 3.63) is 6.33 Å². The maximum atomic E-state index is 6.01. The summed E-state index contributed by atoms with van der Waals surface area (Å²) in [7, 11) is 4.11. The molecule has 0 fully saturated rings. The molecular weight excluding hydrogens is 242 g/mol. The van der Waals surface area contributed by atoms with E-state index in [4.69, 9.17) is 10.5 Å². The van der Waals surface area contributed by atoms with Crippen LogP contribution in [0.2, 0.25) is 0 Å². The number of nitrogen functional groups attached to an aromatic ring is 1. The Morgan fingerprint density at radius 3 is 2.58 bits per heavy atom. The summed E-state index contributed by atoms with van der Waals surface area (Å²) in [6.07, 6.45) is 2.52. The van der Waals surface area contributed by atoms with E-state index < -0.39 is 0 Å². The van der Waals surface area contributed by atoms with Crippen molar-refractivity contribution >= 4 is 11.5 Å². The Hall–Kier alpha value is -1.56. The second-order valence-corrected chi connectivity index (χ2v) is 5.25. The predicted molar refractivity (Wildman–Crippen MR) is 78.5 cm³/mol. The van der Waals surface area contributed by atoms with Crippen molar-refractivity contribution in [1.29, 1.82) is 0 Å². The largest absolute Gasteiger partial charge is 0.473 e. The average Bonchev–Trinajstić information content (AvgIpc) is 2.31. The van der Waals surface area contributed by atoms with Crippen molar-refractivity contribution in [3.63, 3.8) is 0 Å². The van der Waals surface area contributed by atoms with Crippen molar-refractivity contribution in [3.8, 4) is 5.88 Å². The Morgan fingerprint density at radius 1 is 1.32 bits per heavy atom. The van der Waals surface area contributed by atoms with E-state index >= 15 is 0 Å². The zero-order valence-electron chi connectivity index (χ0n) is 12.5. The van der Waals surface area contributed by atoms with E-state index in [1.54, 1.807) is 0 Å². The molecule has 6 heteroatoms. The van der Waals surface area contributed by atoms with Crippen LogP contribution in [0.15, 0.2) is 6.33 Å². The molecule has 19 heavy (non-hydrogen) atoms. The lowest BCUT2D eigenvalue weighted by atomic mass is 10.2. The Labute approximate surface area is 115 Å². The second kappa shape index (κ2) is 7.13. The third-order valence-corrected chi connectivity index (χ3v) is 2.59. The van der Waals surface area contributed by atoms with E-state index in [-0.39, 0.29) is 12.1 Å². The number of aromatic nitrogens is 2. The smallest absolute Gasteiger partial charge is 0.242 e. The van der Waals surface area contributed by atoms with Crippen LogP contribution in [0.1, 0.15) is 27.2 Å². The molecule has 1 unspecified atom stereocenters. The van der Waals surface area contributed by atoms with Gasteiger partial charge in [-0.05, 0) is 47.8 Å². The van der Waals surface area contributed by atoms with E-state index in [9.17, 15) is 0 Å². The summed E-state index contributed by atoms with van der Waals surface area (Å²) in [4.78, 5) is 10.4. The molecule has 1 aromatic heterocycles. The zero-order valence-corrected chi connectivity index (χ0v) is 12.5. The van der Waals surface area contributed by atoms with Crippen LogP contribution < -0.4 is 15.8 Å². The molecule has 0 saturated carbocycles. The molecule has 0 aliphatic carbocycles. The van der Waals surface area contributed by atoms with Crippen molar-refractivity contribution in [2.24, 2.45) is 0 Å². The normalized spacial score (nSPS) is 12.8. The Morgan fingerprint density at radius 2 is 2.00 bits per heavy atom. The molecule has 0 aromatic carbocycles. The topological polar surface area (TPSA) is 76.3 Å². The van der Waals surface area contributed by atoms with Gasteiger partial charge in [0, 0.05) is 6.04 Å². The van der Waals surface area contributed by atoms with E-state index in [1.165, 1.54) is 6.33 Å². The van der Waals surface area contributed by atoms with Gasteiger partial charge in [-0.25, -0.2) is 4.98 Å². The number of rotatable bonds is 7. The SMILES string of the molecule is CC(CCN(C)C)Nc1ncnc(OC(C)C)c1N.